The monoisotopic (exact) mass is 225 g/mol. The molecule has 0 spiro atoms. The molecule has 0 aliphatic heterocycles. The minimum Gasteiger partial charge on any atom is -0.381 e. The number of nitrogens with two attached hydrogens (primary N) is 1. The first kappa shape index (κ1) is 13.0. The molecule has 3 N–H and O–H groups in total. The van der Waals surface area contributed by atoms with Crippen LogP contribution in [0.3, 0.4) is 0 Å². The lowest BCUT2D eigenvalue weighted by Crippen LogP contribution is -2.37. The molecule has 1 rings (SSSR count). The molecule has 0 bridgehead atoms. The first-order valence-corrected chi connectivity index (χ1v) is 5.84. The van der Waals surface area contributed by atoms with E-state index in [0.29, 0.717) is 24.5 Å². The van der Waals surface area contributed by atoms with Gasteiger partial charge in [0.25, 0.3) is 0 Å². The van der Waals surface area contributed by atoms with Crippen LogP contribution >= 0.6 is 0 Å². The van der Waals surface area contributed by atoms with E-state index in [-0.39, 0.29) is 0 Å². The lowest BCUT2D eigenvalue weighted by atomic mass is 10.1. The fourth-order valence-corrected chi connectivity index (χ4v) is 2.06. The number of nitrogens with zero attached hydrogens (tertiary/aromatic N) is 1. The van der Waals surface area contributed by atoms with E-state index in [0.717, 1.165) is 18.5 Å². The lowest BCUT2D eigenvalue weighted by molar-refractivity contribution is 0.0726. The number of ether oxygens (including phenoxy) is 1. The summed E-state index contributed by atoms with van der Waals surface area (Å²) in [5.41, 5.74) is 6.76. The Morgan fingerprint density at radius 3 is 2.94 bits per heavy atom. The summed E-state index contributed by atoms with van der Waals surface area (Å²) in [6.45, 7) is 7.16. The molecule has 0 heterocycles. The summed E-state index contributed by atoms with van der Waals surface area (Å²) >= 11 is 0. The first-order valence-electron chi connectivity index (χ1n) is 5.84. The molecule has 2 unspecified atom stereocenters. The lowest BCUT2D eigenvalue weighted by Gasteiger charge is -2.18. The maximum atomic E-state index is 5.74. The summed E-state index contributed by atoms with van der Waals surface area (Å²) in [6.07, 6.45) is 3.99. The molecule has 2 atom stereocenters. The summed E-state index contributed by atoms with van der Waals surface area (Å²) in [5.74, 6) is 1.06. The maximum absolute atomic E-state index is 5.74. The Kier molecular flexibility index (Phi) is 5.32. The van der Waals surface area contributed by atoms with Gasteiger partial charge in [0, 0.05) is 19.6 Å². The van der Waals surface area contributed by atoms with E-state index in [1.165, 1.54) is 12.8 Å². The third-order valence-corrected chi connectivity index (χ3v) is 2.96. The zero-order chi connectivity index (χ0) is 12.0. The molecule has 1 saturated carbocycles. The number of methoxy groups -OCH3 is 1. The topological polar surface area (TPSA) is 59.6 Å². The van der Waals surface area contributed by atoms with Gasteiger partial charge in [-0.05, 0) is 19.8 Å². The van der Waals surface area contributed by atoms with E-state index < -0.39 is 0 Å². The molecule has 0 amide bonds. The van der Waals surface area contributed by atoms with Gasteiger partial charge in [-0.1, -0.05) is 18.6 Å². The summed E-state index contributed by atoms with van der Waals surface area (Å²) in [4.78, 5) is 4.18. The third-order valence-electron chi connectivity index (χ3n) is 2.96. The van der Waals surface area contributed by atoms with Gasteiger partial charge in [-0.3, -0.25) is 0 Å². The van der Waals surface area contributed by atoms with Crippen LogP contribution in [-0.2, 0) is 4.74 Å². The van der Waals surface area contributed by atoms with Gasteiger partial charge < -0.3 is 15.8 Å². The van der Waals surface area contributed by atoms with Crippen LogP contribution in [-0.4, -0.2) is 32.3 Å². The Balaban J connectivity index is 2.28. The van der Waals surface area contributed by atoms with Crippen molar-refractivity contribution in [2.45, 2.75) is 32.3 Å². The second-order valence-electron chi connectivity index (χ2n) is 4.50. The van der Waals surface area contributed by atoms with Crippen LogP contribution in [0.4, 0.5) is 0 Å². The van der Waals surface area contributed by atoms with Gasteiger partial charge in [-0.25, -0.2) is 4.99 Å². The normalized spacial score (nSPS) is 25.8. The molecule has 0 radical (unpaired) electrons. The van der Waals surface area contributed by atoms with Crippen LogP contribution in [0, 0.1) is 5.92 Å². The van der Waals surface area contributed by atoms with Gasteiger partial charge in [-0.15, -0.1) is 0 Å². The van der Waals surface area contributed by atoms with E-state index in [1.54, 1.807) is 7.11 Å². The Morgan fingerprint density at radius 1 is 1.56 bits per heavy atom. The molecule has 0 saturated heterocycles. The zero-order valence-electron chi connectivity index (χ0n) is 10.3. The molecule has 4 nitrogen and oxygen atoms in total. The molecule has 1 aliphatic carbocycles. The van der Waals surface area contributed by atoms with Gasteiger partial charge in [-0.2, -0.15) is 0 Å². The number of aliphatic imine (C=N–C) groups is 1. The molecule has 4 heteroatoms. The highest BCUT2D eigenvalue weighted by atomic mass is 16.5. The second-order valence-corrected chi connectivity index (χ2v) is 4.50. The van der Waals surface area contributed by atoms with Crippen molar-refractivity contribution in [1.82, 2.24) is 5.32 Å². The largest absolute Gasteiger partial charge is 0.381 e. The van der Waals surface area contributed by atoms with E-state index >= 15 is 0 Å². The van der Waals surface area contributed by atoms with Gasteiger partial charge in [0.15, 0.2) is 5.96 Å². The second kappa shape index (κ2) is 6.53. The van der Waals surface area contributed by atoms with Crippen molar-refractivity contribution in [1.29, 1.82) is 0 Å². The van der Waals surface area contributed by atoms with Crippen LogP contribution < -0.4 is 11.1 Å². The van der Waals surface area contributed by atoms with E-state index in [2.05, 4.69) is 16.9 Å². The van der Waals surface area contributed by atoms with Gasteiger partial charge >= 0.3 is 0 Å². The molecule has 0 aromatic heterocycles. The van der Waals surface area contributed by atoms with Crippen LogP contribution in [0.15, 0.2) is 17.1 Å². The molecular formula is C12H23N3O. The van der Waals surface area contributed by atoms with Crippen molar-refractivity contribution in [2.75, 3.05) is 20.2 Å². The molecule has 0 aromatic carbocycles. The third kappa shape index (κ3) is 4.23. The number of guanidine groups is 1. The van der Waals surface area contributed by atoms with Gasteiger partial charge in [0.2, 0.25) is 0 Å². The van der Waals surface area contributed by atoms with Crippen molar-refractivity contribution in [3.05, 3.63) is 12.2 Å². The van der Waals surface area contributed by atoms with Gasteiger partial charge in [0.05, 0.1) is 12.6 Å². The van der Waals surface area contributed by atoms with E-state index in [4.69, 9.17) is 10.5 Å². The summed E-state index contributed by atoms with van der Waals surface area (Å²) in [6, 6.07) is 0. The average molecular weight is 225 g/mol. The number of rotatable bonds is 5. The summed E-state index contributed by atoms with van der Waals surface area (Å²) in [5, 5.41) is 3.15. The molecule has 92 valence electrons. The smallest absolute Gasteiger partial charge is 0.188 e. The van der Waals surface area contributed by atoms with Crippen LogP contribution in [0.5, 0.6) is 0 Å². The van der Waals surface area contributed by atoms with E-state index in [9.17, 15) is 0 Å². The average Bonchev–Trinajstić information content (AvgIpc) is 2.70. The van der Waals surface area contributed by atoms with E-state index in [1.807, 2.05) is 6.92 Å². The highest BCUT2D eigenvalue weighted by Crippen LogP contribution is 2.26. The highest BCUT2D eigenvalue weighted by molar-refractivity contribution is 5.77. The fourth-order valence-electron chi connectivity index (χ4n) is 2.06. The van der Waals surface area contributed by atoms with Crippen LogP contribution in [0.2, 0.25) is 0 Å². The fraction of sp³-hybridized carbons (Fsp3) is 0.750. The number of hydrogen-bond donors (Lipinski definition) is 2. The quantitative estimate of drug-likeness (QED) is 0.421. The predicted octanol–water partition coefficient (Wildman–Crippen LogP) is 1.28. The zero-order valence-corrected chi connectivity index (χ0v) is 10.3. The first-order chi connectivity index (χ1) is 7.63. The minimum absolute atomic E-state index is 0.376. The molecule has 0 aromatic rings. The Bertz CT molecular complexity index is 263. The number of nitrogens with one attached hydrogen (secondary N) is 1. The van der Waals surface area contributed by atoms with Crippen molar-refractivity contribution < 1.29 is 4.74 Å². The van der Waals surface area contributed by atoms with Crippen molar-refractivity contribution in [3.8, 4) is 0 Å². The standard InChI is InChI=1S/C12H23N3O/c1-9(2)7-14-12(13)15-8-10-5-4-6-11(10)16-3/h10-11H,1,4-8H2,2-3H3,(H3,13,14,15). The molecule has 1 fully saturated rings. The minimum atomic E-state index is 0.376. The molecular weight excluding hydrogens is 202 g/mol. The summed E-state index contributed by atoms with van der Waals surface area (Å²) in [7, 11) is 1.78. The van der Waals surface area contributed by atoms with Gasteiger partial charge in [0.1, 0.15) is 0 Å². The van der Waals surface area contributed by atoms with Crippen molar-refractivity contribution in [2.24, 2.45) is 16.6 Å². The Labute approximate surface area is 98.0 Å². The Hall–Kier alpha value is -1.03. The Morgan fingerprint density at radius 2 is 2.31 bits per heavy atom. The summed E-state index contributed by atoms with van der Waals surface area (Å²) < 4.78 is 5.42. The molecule has 16 heavy (non-hydrogen) atoms. The SMILES string of the molecule is C=C(C)CN=C(N)NCC1CCCC1OC. The maximum Gasteiger partial charge on any atom is 0.188 e. The van der Waals surface area contributed by atoms with Crippen molar-refractivity contribution >= 4 is 5.96 Å². The number of hydrogen-bond acceptors (Lipinski definition) is 2. The van der Waals surface area contributed by atoms with Crippen molar-refractivity contribution in [3.63, 3.8) is 0 Å². The predicted molar refractivity (Wildman–Crippen MR) is 67.4 cm³/mol. The van der Waals surface area contributed by atoms with Crippen LogP contribution in [0.1, 0.15) is 26.2 Å². The van der Waals surface area contributed by atoms with Crippen LogP contribution in [0.25, 0.3) is 0 Å². The highest BCUT2D eigenvalue weighted by Gasteiger charge is 2.26. The molecule has 1 aliphatic rings.